The zero-order chi connectivity index (χ0) is 59.9. The average molecular weight is 1140 g/mol. The molecule has 0 bridgehead atoms. The van der Waals surface area contributed by atoms with Crippen molar-refractivity contribution in [3.05, 3.63) is 207 Å². The summed E-state index contributed by atoms with van der Waals surface area (Å²) in [5, 5.41) is 0. The van der Waals surface area contributed by atoms with Gasteiger partial charge in [0.25, 0.3) is 0 Å². The van der Waals surface area contributed by atoms with Crippen molar-refractivity contribution >= 4 is 17.9 Å². The monoisotopic (exact) mass is 1140 g/mol. The predicted octanol–water partition coefficient (Wildman–Crippen LogP) is 22.8. The maximum atomic E-state index is 12.9. The van der Waals surface area contributed by atoms with Gasteiger partial charge in [-0.2, -0.15) is 0 Å². The lowest BCUT2D eigenvalue weighted by molar-refractivity contribution is -0.167. The molecule has 0 N–H and O–H groups in total. The van der Waals surface area contributed by atoms with E-state index in [4.69, 9.17) is 14.2 Å². The third-order valence-corrected chi connectivity index (χ3v) is 12.8. The summed E-state index contributed by atoms with van der Waals surface area (Å²) in [6.45, 7) is 6.26. The van der Waals surface area contributed by atoms with Crippen LogP contribution in [0.1, 0.15) is 239 Å². The molecule has 0 aliphatic rings. The highest BCUT2D eigenvalue weighted by molar-refractivity contribution is 5.71. The van der Waals surface area contributed by atoms with Crippen molar-refractivity contribution in [3.8, 4) is 0 Å². The van der Waals surface area contributed by atoms with E-state index >= 15 is 0 Å². The maximum absolute atomic E-state index is 12.9. The summed E-state index contributed by atoms with van der Waals surface area (Å²) < 4.78 is 16.8. The van der Waals surface area contributed by atoms with Crippen LogP contribution in [0.4, 0.5) is 0 Å². The molecule has 83 heavy (non-hydrogen) atoms. The second-order valence-corrected chi connectivity index (χ2v) is 20.5. The summed E-state index contributed by atoms with van der Waals surface area (Å²) in [7, 11) is 0. The van der Waals surface area contributed by atoms with Gasteiger partial charge in [0.1, 0.15) is 13.2 Å². The Morgan fingerprint density at radius 3 is 0.771 bits per heavy atom. The smallest absolute Gasteiger partial charge is 0.306 e. The molecule has 0 aromatic rings. The maximum Gasteiger partial charge on any atom is 0.306 e. The van der Waals surface area contributed by atoms with Crippen LogP contribution >= 0.6 is 0 Å². The number of carbonyl (C=O) groups is 3. The fraction of sp³-hybridized carbons (Fsp3) is 0.519. The minimum Gasteiger partial charge on any atom is -0.462 e. The van der Waals surface area contributed by atoms with Crippen LogP contribution in [0.5, 0.6) is 0 Å². The van der Waals surface area contributed by atoms with Gasteiger partial charge in [0.15, 0.2) is 6.10 Å². The van der Waals surface area contributed by atoms with E-state index < -0.39 is 6.10 Å². The number of allylic oxidation sites excluding steroid dienone is 34. The zero-order valence-electron chi connectivity index (χ0n) is 52.6. The molecule has 460 valence electrons. The average Bonchev–Trinajstić information content (AvgIpc) is 3.49. The van der Waals surface area contributed by atoms with Crippen LogP contribution in [-0.4, -0.2) is 37.2 Å². The van der Waals surface area contributed by atoms with Crippen LogP contribution in [-0.2, 0) is 28.6 Å². The van der Waals surface area contributed by atoms with E-state index in [9.17, 15) is 14.4 Å². The van der Waals surface area contributed by atoms with Crippen LogP contribution in [0.25, 0.3) is 0 Å². The van der Waals surface area contributed by atoms with Crippen molar-refractivity contribution in [3.63, 3.8) is 0 Å². The third-order valence-electron chi connectivity index (χ3n) is 12.8. The molecule has 0 rings (SSSR count). The number of rotatable bonds is 56. The second-order valence-electron chi connectivity index (χ2n) is 20.5. The minimum atomic E-state index is -0.847. The molecule has 0 aliphatic heterocycles. The largest absolute Gasteiger partial charge is 0.462 e. The third kappa shape index (κ3) is 66.7. The Balaban J connectivity index is 4.60. The van der Waals surface area contributed by atoms with Gasteiger partial charge in [-0.25, -0.2) is 0 Å². The standard InChI is InChI=1S/C77H116O6/c1-4-7-10-13-16-19-22-25-28-31-33-34-35-36-37-38-39-40-41-42-44-46-49-52-55-58-61-64-67-70-76(79)82-73-74(72-81-75(78)69-66-63-60-57-54-51-48-45-30-27-24-21-18-15-12-9-6-3)83-77(80)71-68-65-62-59-56-53-50-47-43-32-29-26-23-20-17-14-11-8-5-2/h7,9-10,12,16-21,25-30,33-34,36-37,39-40,42-44,47-49,51-52,57-58,60-61,74H,4-6,8,11,13-15,22-24,31-32,35,38,41,45-46,50,53-56,59,62-73H2,1-3H3/b10-7-,12-9-,19-16-,20-17-,21-18-,28-25-,29-26-,30-27-,34-33-,37-36-,40-39-,44-42-,47-43-,51-48-,52-49-,60-57-,61-58-. The first-order valence-corrected chi connectivity index (χ1v) is 32.6. The first-order valence-electron chi connectivity index (χ1n) is 32.6. The van der Waals surface area contributed by atoms with Gasteiger partial charge < -0.3 is 14.2 Å². The molecule has 1 unspecified atom stereocenters. The van der Waals surface area contributed by atoms with Crippen molar-refractivity contribution in [2.45, 2.75) is 245 Å². The quantitative estimate of drug-likeness (QED) is 0.0261. The Kier molecular flexibility index (Phi) is 63.5. The minimum absolute atomic E-state index is 0.143. The highest BCUT2D eigenvalue weighted by Crippen LogP contribution is 2.12. The number of hydrogen-bond donors (Lipinski definition) is 0. The fourth-order valence-corrected chi connectivity index (χ4v) is 7.96. The van der Waals surface area contributed by atoms with E-state index in [1.807, 2.05) is 0 Å². The number of unbranched alkanes of at least 4 members (excludes halogenated alkanes) is 11. The normalized spacial score (nSPS) is 13.5. The van der Waals surface area contributed by atoms with E-state index in [1.165, 1.54) is 38.5 Å². The SMILES string of the molecule is CC/C=C\C/C=C\C/C=C\C/C=C\C/C=C\C/C=C\C/C=C\C/C=C\C/C=C\CCCC(=O)OCC(COC(=O)CCC/C=C\C/C=C\C/C=C\C/C=C\C/C=C\CC)OC(=O)CCCCCCCC/C=C\C/C=C\C/C=C\CCCCC. The Labute approximate surface area is 509 Å². The highest BCUT2D eigenvalue weighted by Gasteiger charge is 2.19. The summed E-state index contributed by atoms with van der Waals surface area (Å²) in [5.41, 5.74) is 0. The molecule has 0 aromatic heterocycles. The van der Waals surface area contributed by atoms with E-state index in [0.717, 1.165) is 148 Å². The summed E-state index contributed by atoms with van der Waals surface area (Å²) in [6, 6.07) is 0. The van der Waals surface area contributed by atoms with Gasteiger partial charge >= 0.3 is 17.9 Å². The van der Waals surface area contributed by atoms with Crippen LogP contribution in [0.15, 0.2) is 207 Å². The predicted molar refractivity (Wildman–Crippen MR) is 361 cm³/mol. The van der Waals surface area contributed by atoms with Crippen molar-refractivity contribution in [1.82, 2.24) is 0 Å². The van der Waals surface area contributed by atoms with Crippen LogP contribution in [0.3, 0.4) is 0 Å². The number of hydrogen-bond acceptors (Lipinski definition) is 6. The van der Waals surface area contributed by atoms with Gasteiger partial charge in [-0.05, 0) is 161 Å². The van der Waals surface area contributed by atoms with Crippen molar-refractivity contribution < 1.29 is 28.6 Å². The summed E-state index contributed by atoms with van der Waals surface area (Å²) >= 11 is 0. The van der Waals surface area contributed by atoms with E-state index in [1.54, 1.807) is 0 Å². The number of esters is 3. The summed E-state index contributed by atoms with van der Waals surface area (Å²) in [6.07, 6.45) is 106. The Morgan fingerprint density at radius 1 is 0.253 bits per heavy atom. The molecular weight excluding hydrogens is 1020 g/mol. The van der Waals surface area contributed by atoms with Crippen LogP contribution in [0, 0.1) is 0 Å². The number of ether oxygens (including phenoxy) is 3. The second kappa shape index (κ2) is 68.5. The molecule has 0 aromatic carbocycles. The molecule has 1 atom stereocenters. The lowest BCUT2D eigenvalue weighted by atomic mass is 10.1. The lowest BCUT2D eigenvalue weighted by Crippen LogP contribution is -2.30. The Bertz CT molecular complexity index is 2030. The first kappa shape index (κ1) is 77.0. The lowest BCUT2D eigenvalue weighted by Gasteiger charge is -2.18. The molecule has 6 nitrogen and oxygen atoms in total. The zero-order valence-corrected chi connectivity index (χ0v) is 52.6. The van der Waals surface area contributed by atoms with Crippen LogP contribution in [0.2, 0.25) is 0 Å². The van der Waals surface area contributed by atoms with Crippen LogP contribution < -0.4 is 0 Å². The van der Waals surface area contributed by atoms with E-state index in [-0.39, 0.29) is 50.4 Å². The molecule has 0 saturated heterocycles. The Morgan fingerprint density at radius 2 is 0.482 bits per heavy atom. The molecule has 0 spiro atoms. The molecule has 0 saturated carbocycles. The Hall–Kier alpha value is -6.01. The van der Waals surface area contributed by atoms with Crippen molar-refractivity contribution in [1.29, 1.82) is 0 Å². The molecule has 0 aliphatic carbocycles. The molecule has 0 radical (unpaired) electrons. The molecule has 0 fully saturated rings. The van der Waals surface area contributed by atoms with Gasteiger partial charge in [0, 0.05) is 19.3 Å². The van der Waals surface area contributed by atoms with E-state index in [0.29, 0.717) is 12.8 Å². The van der Waals surface area contributed by atoms with Gasteiger partial charge in [-0.3, -0.25) is 14.4 Å². The van der Waals surface area contributed by atoms with Gasteiger partial charge in [-0.15, -0.1) is 0 Å². The fourth-order valence-electron chi connectivity index (χ4n) is 7.96. The van der Waals surface area contributed by atoms with Gasteiger partial charge in [0.05, 0.1) is 0 Å². The molecule has 0 heterocycles. The van der Waals surface area contributed by atoms with Gasteiger partial charge in [-0.1, -0.05) is 266 Å². The number of carbonyl (C=O) groups excluding carboxylic acids is 3. The van der Waals surface area contributed by atoms with E-state index in [2.05, 4.69) is 227 Å². The summed E-state index contributed by atoms with van der Waals surface area (Å²) in [5.74, 6) is -1.08. The van der Waals surface area contributed by atoms with Crippen molar-refractivity contribution in [2.75, 3.05) is 13.2 Å². The van der Waals surface area contributed by atoms with Gasteiger partial charge in [0.2, 0.25) is 0 Å². The highest BCUT2D eigenvalue weighted by atomic mass is 16.6. The van der Waals surface area contributed by atoms with Crippen molar-refractivity contribution in [2.24, 2.45) is 0 Å². The molecular formula is C77H116O6. The topological polar surface area (TPSA) is 78.9 Å². The molecule has 6 heteroatoms. The first-order chi connectivity index (χ1) is 41.0. The molecule has 0 amide bonds. The summed E-state index contributed by atoms with van der Waals surface area (Å²) in [4.78, 5) is 38.3.